The average molecular weight is 320 g/mol. The molecule has 1 aromatic heterocycles. The smallest absolute Gasteiger partial charge is 0.326 e. The van der Waals surface area contributed by atoms with E-state index < -0.39 is 12.0 Å². The second kappa shape index (κ2) is 5.95. The third-order valence-electron chi connectivity index (χ3n) is 2.69. The van der Waals surface area contributed by atoms with Crippen molar-refractivity contribution < 1.29 is 14.6 Å². The molecule has 0 aromatic carbocycles. The molecule has 0 amide bonds. The van der Waals surface area contributed by atoms with E-state index in [1.54, 1.807) is 0 Å². The highest BCUT2D eigenvalue weighted by Gasteiger charge is 2.23. The molecule has 94 valence electrons. The van der Waals surface area contributed by atoms with Crippen LogP contribution >= 0.6 is 27.3 Å². The molecular formula is C11H14BrNO3S. The number of ether oxygens (including phenoxy) is 1. The first-order valence-electron chi connectivity index (χ1n) is 5.48. The van der Waals surface area contributed by atoms with Crippen molar-refractivity contribution in [2.75, 3.05) is 13.2 Å². The van der Waals surface area contributed by atoms with E-state index in [1.807, 2.05) is 11.4 Å². The molecule has 6 heteroatoms. The molecule has 1 aromatic rings. The number of carbonyl (C=O) groups is 1. The van der Waals surface area contributed by atoms with Gasteiger partial charge in [0.05, 0.1) is 6.10 Å². The van der Waals surface area contributed by atoms with Crippen molar-refractivity contribution in [2.45, 2.75) is 25.0 Å². The lowest BCUT2D eigenvalue weighted by Crippen LogP contribution is -2.33. The highest BCUT2D eigenvalue weighted by atomic mass is 79.9. The fourth-order valence-corrected chi connectivity index (χ4v) is 3.35. The number of carboxylic acids is 1. The molecule has 1 saturated heterocycles. The van der Waals surface area contributed by atoms with Crippen molar-refractivity contribution in [1.82, 2.24) is 5.32 Å². The summed E-state index contributed by atoms with van der Waals surface area (Å²) in [4.78, 5) is 12.0. The number of carboxylic acid groups (broad SMARTS) is 1. The fourth-order valence-electron chi connectivity index (χ4n) is 1.84. The maximum absolute atomic E-state index is 11.2. The van der Waals surface area contributed by atoms with Crippen LogP contribution in [0.2, 0.25) is 0 Å². The van der Waals surface area contributed by atoms with Gasteiger partial charge in [-0.2, -0.15) is 0 Å². The Balaban J connectivity index is 1.95. The molecule has 2 heterocycles. The van der Waals surface area contributed by atoms with Gasteiger partial charge in [0.1, 0.15) is 6.04 Å². The second-order valence-electron chi connectivity index (χ2n) is 3.98. The van der Waals surface area contributed by atoms with Gasteiger partial charge in [-0.15, -0.1) is 11.3 Å². The summed E-state index contributed by atoms with van der Waals surface area (Å²) in [5.41, 5.74) is 0. The number of hydrogen-bond acceptors (Lipinski definition) is 4. The van der Waals surface area contributed by atoms with Crippen molar-refractivity contribution >= 4 is 33.2 Å². The zero-order valence-electron chi connectivity index (χ0n) is 9.19. The van der Waals surface area contributed by atoms with Crippen LogP contribution in [0.3, 0.4) is 0 Å². The van der Waals surface area contributed by atoms with Crippen LogP contribution in [0.4, 0.5) is 0 Å². The highest BCUT2D eigenvalue weighted by Crippen LogP contribution is 2.26. The molecule has 17 heavy (non-hydrogen) atoms. The molecule has 4 nitrogen and oxygen atoms in total. The maximum Gasteiger partial charge on any atom is 0.326 e. The largest absolute Gasteiger partial charge is 0.480 e. The van der Waals surface area contributed by atoms with E-state index >= 15 is 0 Å². The Kier molecular flexibility index (Phi) is 4.55. The fraction of sp³-hybridized carbons (Fsp3) is 0.545. The Hall–Kier alpha value is -0.430. The van der Waals surface area contributed by atoms with Crippen LogP contribution in [0.25, 0.3) is 0 Å². The van der Waals surface area contributed by atoms with Gasteiger partial charge in [-0.3, -0.25) is 10.1 Å². The Morgan fingerprint density at radius 1 is 1.76 bits per heavy atom. The van der Waals surface area contributed by atoms with Crippen molar-refractivity contribution in [3.63, 3.8) is 0 Å². The molecule has 2 N–H and O–H groups in total. The van der Waals surface area contributed by atoms with E-state index in [-0.39, 0.29) is 6.10 Å². The van der Waals surface area contributed by atoms with E-state index in [2.05, 4.69) is 21.2 Å². The van der Waals surface area contributed by atoms with Crippen LogP contribution in [-0.4, -0.2) is 30.3 Å². The molecule has 2 rings (SSSR count). The minimum Gasteiger partial charge on any atom is -0.480 e. The van der Waals surface area contributed by atoms with E-state index in [1.165, 1.54) is 11.3 Å². The third-order valence-corrected chi connectivity index (χ3v) is 4.45. The molecule has 0 saturated carbocycles. The summed E-state index contributed by atoms with van der Waals surface area (Å²) >= 11 is 4.77. The number of nitrogens with one attached hydrogen (secondary N) is 1. The first-order chi connectivity index (χ1) is 8.16. The van der Waals surface area contributed by atoms with Crippen LogP contribution < -0.4 is 5.32 Å². The standard InChI is InChI=1S/C11H14BrNO3S/c12-7-4-9(17-6-7)10(11(14)15)13-5-8-2-1-3-16-8/h4,6,8,10,13H,1-3,5H2,(H,14,15)/t8-,10-/m0/s1. The van der Waals surface area contributed by atoms with Crippen molar-refractivity contribution in [3.8, 4) is 0 Å². The summed E-state index contributed by atoms with van der Waals surface area (Å²) < 4.78 is 6.38. The van der Waals surface area contributed by atoms with Gasteiger partial charge in [-0.1, -0.05) is 0 Å². The minimum atomic E-state index is -0.850. The van der Waals surface area contributed by atoms with Gasteiger partial charge >= 0.3 is 5.97 Å². The summed E-state index contributed by atoms with van der Waals surface area (Å²) in [6, 6.07) is 1.20. The Morgan fingerprint density at radius 3 is 3.12 bits per heavy atom. The molecule has 1 aliphatic heterocycles. The van der Waals surface area contributed by atoms with Gasteiger partial charge in [-0.05, 0) is 34.8 Å². The Morgan fingerprint density at radius 2 is 2.59 bits per heavy atom. The van der Waals surface area contributed by atoms with Crippen LogP contribution in [0.1, 0.15) is 23.8 Å². The zero-order chi connectivity index (χ0) is 12.3. The van der Waals surface area contributed by atoms with Crippen LogP contribution in [0.15, 0.2) is 15.9 Å². The van der Waals surface area contributed by atoms with E-state index in [0.717, 1.165) is 28.8 Å². The van der Waals surface area contributed by atoms with Crippen LogP contribution in [-0.2, 0) is 9.53 Å². The van der Waals surface area contributed by atoms with Crippen molar-refractivity contribution in [2.24, 2.45) is 0 Å². The molecule has 0 bridgehead atoms. The van der Waals surface area contributed by atoms with Gasteiger partial charge in [0.2, 0.25) is 0 Å². The van der Waals surface area contributed by atoms with E-state index in [0.29, 0.717) is 6.54 Å². The Labute approximate surface area is 112 Å². The van der Waals surface area contributed by atoms with Crippen molar-refractivity contribution in [1.29, 1.82) is 0 Å². The van der Waals surface area contributed by atoms with Gasteiger partial charge < -0.3 is 9.84 Å². The highest BCUT2D eigenvalue weighted by molar-refractivity contribution is 9.10. The molecule has 0 radical (unpaired) electrons. The van der Waals surface area contributed by atoms with E-state index in [9.17, 15) is 9.90 Å². The summed E-state index contributed by atoms with van der Waals surface area (Å²) in [6.45, 7) is 1.38. The summed E-state index contributed by atoms with van der Waals surface area (Å²) in [5.74, 6) is -0.850. The van der Waals surface area contributed by atoms with Gasteiger partial charge in [-0.25, -0.2) is 0 Å². The predicted octanol–water partition coefficient (Wildman–Crippen LogP) is 2.40. The number of halogens is 1. The summed E-state index contributed by atoms with van der Waals surface area (Å²) in [5, 5.41) is 14.1. The van der Waals surface area contributed by atoms with Crippen LogP contribution in [0, 0.1) is 0 Å². The number of rotatable bonds is 5. The quantitative estimate of drug-likeness (QED) is 0.875. The number of thiophene rings is 1. The zero-order valence-corrected chi connectivity index (χ0v) is 11.6. The van der Waals surface area contributed by atoms with Crippen molar-refractivity contribution in [3.05, 3.63) is 20.8 Å². The molecule has 2 atom stereocenters. The molecular weight excluding hydrogens is 306 g/mol. The normalized spacial score (nSPS) is 21.6. The first kappa shape index (κ1) is 13.0. The molecule has 0 spiro atoms. The Bertz CT molecular complexity index is 390. The maximum atomic E-state index is 11.2. The lowest BCUT2D eigenvalue weighted by Gasteiger charge is -2.16. The molecule has 1 fully saturated rings. The van der Waals surface area contributed by atoms with E-state index in [4.69, 9.17) is 4.74 Å². The monoisotopic (exact) mass is 319 g/mol. The number of hydrogen-bond donors (Lipinski definition) is 2. The first-order valence-corrected chi connectivity index (χ1v) is 7.16. The van der Waals surface area contributed by atoms with Gasteiger partial charge in [0.15, 0.2) is 0 Å². The molecule has 0 unspecified atom stereocenters. The topological polar surface area (TPSA) is 58.6 Å². The lowest BCUT2D eigenvalue weighted by molar-refractivity contribution is -0.139. The SMILES string of the molecule is O=C(O)[C@@H](NC[C@@H]1CCCO1)c1cc(Br)cs1. The summed E-state index contributed by atoms with van der Waals surface area (Å²) in [7, 11) is 0. The molecule has 1 aliphatic rings. The minimum absolute atomic E-state index is 0.153. The second-order valence-corrected chi connectivity index (χ2v) is 5.84. The third kappa shape index (κ3) is 3.51. The summed E-state index contributed by atoms with van der Waals surface area (Å²) in [6.07, 6.45) is 2.22. The number of aliphatic carboxylic acids is 1. The average Bonchev–Trinajstić information content (AvgIpc) is 2.90. The van der Waals surface area contributed by atoms with Gasteiger partial charge in [0, 0.05) is 27.9 Å². The predicted molar refractivity (Wildman–Crippen MR) is 69.4 cm³/mol. The van der Waals surface area contributed by atoms with Gasteiger partial charge in [0.25, 0.3) is 0 Å². The van der Waals surface area contributed by atoms with Crippen LogP contribution in [0.5, 0.6) is 0 Å². The molecule has 0 aliphatic carbocycles. The lowest BCUT2D eigenvalue weighted by atomic mass is 10.2.